The minimum Gasteiger partial charge on any atom is -0.497 e. The van der Waals surface area contributed by atoms with Gasteiger partial charge in [-0.2, -0.15) is 5.10 Å². The molecule has 1 fully saturated rings. The molecule has 31 heavy (non-hydrogen) atoms. The van der Waals surface area contributed by atoms with Crippen LogP contribution < -0.4 is 26.0 Å². The third-order valence-electron chi connectivity index (χ3n) is 4.87. The SMILES string of the molecule is COc1ccc(NC(=O)Nc2cc(-c3ccccc3)nn2C2NC(=O)CC(C)N2)cc1. The highest BCUT2D eigenvalue weighted by Crippen LogP contribution is 2.25. The Labute approximate surface area is 179 Å². The molecular formula is C22H24N6O3. The van der Waals surface area contributed by atoms with Crippen molar-refractivity contribution in [2.75, 3.05) is 17.7 Å². The monoisotopic (exact) mass is 420 g/mol. The first kappa shape index (κ1) is 20.4. The third kappa shape index (κ3) is 4.84. The van der Waals surface area contributed by atoms with Crippen LogP contribution in [-0.4, -0.2) is 34.9 Å². The zero-order chi connectivity index (χ0) is 21.8. The smallest absolute Gasteiger partial charge is 0.324 e. The van der Waals surface area contributed by atoms with Crippen molar-refractivity contribution in [2.24, 2.45) is 0 Å². The van der Waals surface area contributed by atoms with Gasteiger partial charge in [0, 0.05) is 29.8 Å². The second-order valence-corrected chi connectivity index (χ2v) is 7.27. The van der Waals surface area contributed by atoms with Crippen molar-refractivity contribution >= 4 is 23.4 Å². The second kappa shape index (κ2) is 8.88. The predicted molar refractivity (Wildman–Crippen MR) is 118 cm³/mol. The molecule has 0 aliphatic carbocycles. The maximum atomic E-state index is 12.6. The van der Waals surface area contributed by atoms with Crippen LogP contribution in [0.4, 0.5) is 16.3 Å². The number of hydrogen-bond acceptors (Lipinski definition) is 5. The molecule has 4 N–H and O–H groups in total. The first-order valence-corrected chi connectivity index (χ1v) is 9.94. The van der Waals surface area contributed by atoms with E-state index in [0.29, 0.717) is 29.4 Å². The van der Waals surface area contributed by atoms with Gasteiger partial charge in [0.25, 0.3) is 0 Å². The lowest BCUT2D eigenvalue weighted by atomic mass is 10.2. The van der Waals surface area contributed by atoms with Crippen molar-refractivity contribution in [1.82, 2.24) is 20.4 Å². The average Bonchev–Trinajstić information content (AvgIpc) is 3.18. The lowest BCUT2D eigenvalue weighted by Gasteiger charge is -2.30. The zero-order valence-corrected chi connectivity index (χ0v) is 17.3. The number of methoxy groups -OCH3 is 1. The minimum absolute atomic E-state index is 0.0240. The summed E-state index contributed by atoms with van der Waals surface area (Å²) in [6, 6.07) is 18.0. The number of aromatic nitrogens is 2. The van der Waals surface area contributed by atoms with Crippen molar-refractivity contribution < 1.29 is 14.3 Å². The molecule has 1 aliphatic heterocycles. The van der Waals surface area contributed by atoms with Crippen molar-refractivity contribution in [3.05, 3.63) is 60.7 Å². The van der Waals surface area contributed by atoms with E-state index >= 15 is 0 Å². The molecule has 3 aromatic rings. The van der Waals surface area contributed by atoms with Crippen LogP contribution in [0.1, 0.15) is 19.6 Å². The van der Waals surface area contributed by atoms with Gasteiger partial charge in [-0.05, 0) is 31.2 Å². The number of amides is 3. The average molecular weight is 420 g/mol. The number of hydrogen-bond donors (Lipinski definition) is 4. The van der Waals surface area contributed by atoms with Gasteiger partial charge < -0.3 is 15.4 Å². The summed E-state index contributed by atoms with van der Waals surface area (Å²) in [6.07, 6.45) is -0.200. The van der Waals surface area contributed by atoms with Crippen LogP contribution in [0.25, 0.3) is 11.3 Å². The number of benzene rings is 2. The van der Waals surface area contributed by atoms with Gasteiger partial charge in [0.15, 0.2) is 6.29 Å². The number of anilines is 2. The summed E-state index contributed by atoms with van der Waals surface area (Å²) < 4.78 is 6.71. The lowest BCUT2D eigenvalue weighted by Crippen LogP contribution is -2.52. The molecule has 0 bridgehead atoms. The van der Waals surface area contributed by atoms with Crippen LogP contribution in [0.2, 0.25) is 0 Å². The Bertz CT molecular complexity index is 1060. The maximum Gasteiger partial charge on any atom is 0.324 e. The Balaban J connectivity index is 1.59. The summed E-state index contributed by atoms with van der Waals surface area (Å²) in [5.74, 6) is 1.06. The second-order valence-electron chi connectivity index (χ2n) is 7.27. The van der Waals surface area contributed by atoms with E-state index in [-0.39, 0.29) is 11.9 Å². The number of urea groups is 1. The number of ether oxygens (including phenoxy) is 1. The third-order valence-corrected chi connectivity index (χ3v) is 4.87. The van der Waals surface area contributed by atoms with Crippen LogP contribution >= 0.6 is 0 Å². The fourth-order valence-electron chi connectivity index (χ4n) is 3.38. The van der Waals surface area contributed by atoms with Gasteiger partial charge in [-0.25, -0.2) is 9.48 Å². The molecule has 0 saturated carbocycles. The van der Waals surface area contributed by atoms with Crippen molar-refractivity contribution in [3.8, 4) is 17.0 Å². The Kier molecular flexibility index (Phi) is 5.85. The first-order valence-electron chi connectivity index (χ1n) is 9.94. The molecule has 160 valence electrons. The fraction of sp³-hybridized carbons (Fsp3) is 0.227. The standard InChI is InChI=1S/C22H24N6O3/c1-14-12-20(29)26-21(23-14)28-19(13-18(27-28)15-6-4-3-5-7-15)25-22(30)24-16-8-10-17(31-2)11-9-16/h3-11,13-14,21,23H,12H2,1-2H3,(H,26,29)(H2,24,25,30). The summed E-state index contributed by atoms with van der Waals surface area (Å²) >= 11 is 0. The normalized spacial score (nSPS) is 18.2. The summed E-state index contributed by atoms with van der Waals surface area (Å²) in [4.78, 5) is 24.7. The molecule has 1 saturated heterocycles. The molecule has 2 heterocycles. The van der Waals surface area contributed by atoms with E-state index in [2.05, 4.69) is 26.4 Å². The Morgan fingerprint density at radius 2 is 1.87 bits per heavy atom. The number of nitrogens with zero attached hydrogens (tertiary/aromatic N) is 2. The van der Waals surface area contributed by atoms with Gasteiger partial charge in [0.1, 0.15) is 11.6 Å². The van der Waals surface area contributed by atoms with Crippen molar-refractivity contribution in [3.63, 3.8) is 0 Å². The number of rotatable bonds is 5. The molecule has 2 aromatic carbocycles. The molecule has 1 aromatic heterocycles. The molecule has 9 nitrogen and oxygen atoms in total. The van der Waals surface area contributed by atoms with E-state index in [0.717, 1.165) is 5.56 Å². The summed E-state index contributed by atoms with van der Waals surface area (Å²) in [5, 5.41) is 16.4. The highest BCUT2D eigenvalue weighted by Gasteiger charge is 2.27. The Hall–Kier alpha value is -3.85. The maximum absolute atomic E-state index is 12.6. The lowest BCUT2D eigenvalue weighted by molar-refractivity contribution is -0.125. The van der Waals surface area contributed by atoms with E-state index in [9.17, 15) is 9.59 Å². The molecule has 1 aliphatic rings. The molecule has 3 amide bonds. The van der Waals surface area contributed by atoms with E-state index in [1.807, 2.05) is 37.3 Å². The predicted octanol–water partition coefficient (Wildman–Crippen LogP) is 3.16. The van der Waals surface area contributed by atoms with Crippen molar-refractivity contribution in [1.29, 1.82) is 0 Å². The Morgan fingerprint density at radius 1 is 1.13 bits per heavy atom. The van der Waals surface area contributed by atoms with Crippen LogP contribution in [0.5, 0.6) is 5.75 Å². The van der Waals surface area contributed by atoms with Gasteiger partial charge in [0.2, 0.25) is 5.91 Å². The number of nitrogens with one attached hydrogen (secondary N) is 4. The Morgan fingerprint density at radius 3 is 2.55 bits per heavy atom. The van der Waals surface area contributed by atoms with E-state index < -0.39 is 12.3 Å². The summed E-state index contributed by atoms with van der Waals surface area (Å²) in [5.41, 5.74) is 2.19. The molecule has 2 unspecified atom stereocenters. The van der Waals surface area contributed by atoms with Crippen molar-refractivity contribution in [2.45, 2.75) is 25.7 Å². The molecule has 9 heteroatoms. The van der Waals surface area contributed by atoms with E-state index in [4.69, 9.17) is 4.74 Å². The van der Waals surface area contributed by atoms with Gasteiger partial charge in [-0.15, -0.1) is 0 Å². The fourth-order valence-corrected chi connectivity index (χ4v) is 3.38. The topological polar surface area (TPSA) is 109 Å². The minimum atomic E-state index is -0.579. The largest absolute Gasteiger partial charge is 0.497 e. The highest BCUT2D eigenvalue weighted by atomic mass is 16.5. The molecule has 4 rings (SSSR count). The van der Waals surface area contributed by atoms with E-state index in [1.165, 1.54) is 0 Å². The number of carbonyl (C=O) groups excluding carboxylic acids is 2. The highest BCUT2D eigenvalue weighted by molar-refractivity contribution is 5.99. The first-order chi connectivity index (χ1) is 15.0. The zero-order valence-electron chi connectivity index (χ0n) is 17.3. The number of carbonyl (C=O) groups is 2. The van der Waals surface area contributed by atoms with Crippen LogP contribution in [0.15, 0.2) is 60.7 Å². The summed E-state index contributed by atoms with van der Waals surface area (Å²) in [6.45, 7) is 1.93. The molecule has 0 radical (unpaired) electrons. The van der Waals surface area contributed by atoms with Gasteiger partial charge in [-0.1, -0.05) is 30.3 Å². The van der Waals surface area contributed by atoms with Crippen LogP contribution in [-0.2, 0) is 4.79 Å². The quantitative estimate of drug-likeness (QED) is 0.507. The van der Waals surface area contributed by atoms with Gasteiger partial charge >= 0.3 is 6.03 Å². The van der Waals surface area contributed by atoms with Crippen LogP contribution in [0, 0.1) is 0 Å². The van der Waals surface area contributed by atoms with Gasteiger partial charge in [0.05, 0.1) is 12.8 Å². The molecule has 0 spiro atoms. The summed E-state index contributed by atoms with van der Waals surface area (Å²) in [7, 11) is 1.58. The van der Waals surface area contributed by atoms with Crippen LogP contribution in [0.3, 0.4) is 0 Å². The van der Waals surface area contributed by atoms with Gasteiger partial charge in [-0.3, -0.25) is 15.4 Å². The molecular weight excluding hydrogens is 396 g/mol. The van der Waals surface area contributed by atoms with E-state index in [1.54, 1.807) is 42.1 Å². The molecule has 2 atom stereocenters.